The predicted molar refractivity (Wildman–Crippen MR) is 306 cm³/mol. The monoisotopic (exact) mass is 1190 g/mol. The molecule has 0 spiro atoms. The van der Waals surface area contributed by atoms with Gasteiger partial charge in [-0.2, -0.15) is 11.8 Å². The van der Waals surface area contributed by atoms with Crippen molar-refractivity contribution in [2.24, 2.45) is 27.9 Å². The lowest BCUT2D eigenvalue weighted by atomic mass is 10.0. The number of rotatable bonds is 36. The number of nitrogens with two attached hydrogens (primary N) is 4. The number of carbonyl (C=O) groups excluding carboxylic acids is 9. The van der Waals surface area contributed by atoms with Crippen LogP contribution in [0.1, 0.15) is 54.5 Å². The van der Waals surface area contributed by atoms with Crippen LogP contribution in [0.5, 0.6) is 5.75 Å². The van der Waals surface area contributed by atoms with E-state index in [9.17, 15) is 68.1 Å². The summed E-state index contributed by atoms with van der Waals surface area (Å²) in [7, 11) is 0. The number of nitrogens with one attached hydrogen (secondary N) is 9. The first-order chi connectivity index (χ1) is 40.0. The van der Waals surface area contributed by atoms with E-state index < -0.39 is 133 Å². The van der Waals surface area contributed by atoms with Gasteiger partial charge in [0.05, 0.1) is 31.8 Å². The number of nitrogens with zero attached hydrogens (tertiary/aromatic N) is 2. The molecule has 8 atom stereocenters. The van der Waals surface area contributed by atoms with E-state index in [1.54, 1.807) is 66.9 Å². The van der Waals surface area contributed by atoms with Crippen molar-refractivity contribution < 1.29 is 68.1 Å². The Bertz CT molecular complexity index is 2900. The van der Waals surface area contributed by atoms with Gasteiger partial charge in [-0.1, -0.05) is 72.8 Å². The van der Waals surface area contributed by atoms with Crippen molar-refractivity contribution in [2.75, 3.05) is 25.1 Å². The number of amides is 9. The number of guanidine groups is 1. The van der Waals surface area contributed by atoms with Crippen molar-refractivity contribution in [2.45, 2.75) is 106 Å². The number of imidazole rings is 1. The molecule has 20 N–H and O–H groups in total. The smallest absolute Gasteiger partial charge is 0.305 e. The molecule has 84 heavy (non-hydrogen) atoms. The van der Waals surface area contributed by atoms with Gasteiger partial charge in [0.2, 0.25) is 53.2 Å². The van der Waals surface area contributed by atoms with Crippen LogP contribution in [-0.4, -0.2) is 170 Å². The Labute approximate surface area is 486 Å². The first kappa shape index (κ1) is 66.9. The average molecular weight is 1190 g/mol. The molecule has 0 aliphatic carbocycles. The van der Waals surface area contributed by atoms with Gasteiger partial charge in [0.15, 0.2) is 5.96 Å². The normalized spacial score (nSPS) is 13.7. The summed E-state index contributed by atoms with van der Waals surface area (Å²) < 4.78 is 0. The number of carboxylic acids is 2. The second kappa shape index (κ2) is 34.6. The Balaban J connectivity index is 1.52. The molecule has 0 aliphatic rings. The van der Waals surface area contributed by atoms with Gasteiger partial charge in [-0.05, 0) is 66.5 Å². The number of aromatic amines is 1. The van der Waals surface area contributed by atoms with Crippen LogP contribution in [0.4, 0.5) is 0 Å². The molecular formula is C54H71N15O14S. The number of carboxylic acid groups (broad SMARTS) is 2. The number of benzene rings is 3. The van der Waals surface area contributed by atoms with Crippen LogP contribution in [0.25, 0.3) is 0 Å². The summed E-state index contributed by atoms with van der Waals surface area (Å²) in [5.74, 6) is -12.0. The molecule has 0 saturated heterocycles. The van der Waals surface area contributed by atoms with Gasteiger partial charge in [-0.15, -0.1) is 0 Å². The van der Waals surface area contributed by atoms with Crippen molar-refractivity contribution >= 4 is 82.8 Å². The van der Waals surface area contributed by atoms with Gasteiger partial charge < -0.3 is 85.8 Å². The summed E-state index contributed by atoms with van der Waals surface area (Å²) in [5, 5.41) is 48.8. The van der Waals surface area contributed by atoms with Crippen molar-refractivity contribution in [3.05, 3.63) is 120 Å². The lowest BCUT2D eigenvalue weighted by Crippen LogP contribution is -2.59. The summed E-state index contributed by atoms with van der Waals surface area (Å²) in [5.41, 5.74) is 24.7. The van der Waals surface area contributed by atoms with Crippen molar-refractivity contribution in [3.63, 3.8) is 0 Å². The molecule has 3 aromatic carbocycles. The maximum Gasteiger partial charge on any atom is 0.305 e. The molecule has 0 bridgehead atoms. The van der Waals surface area contributed by atoms with Gasteiger partial charge in [0, 0.05) is 37.7 Å². The number of H-pyrrole nitrogens is 1. The zero-order chi connectivity index (χ0) is 61.7. The van der Waals surface area contributed by atoms with E-state index in [2.05, 4.69) is 57.5 Å². The summed E-state index contributed by atoms with van der Waals surface area (Å²) in [6.07, 6.45) is 1.96. The highest BCUT2D eigenvalue weighted by Crippen LogP contribution is 2.14. The number of carbonyl (C=O) groups is 11. The van der Waals surface area contributed by atoms with E-state index >= 15 is 0 Å². The molecular weight excluding hydrogens is 1110 g/mol. The number of aromatic nitrogens is 2. The van der Waals surface area contributed by atoms with E-state index in [-0.39, 0.29) is 63.2 Å². The third-order valence-electron chi connectivity index (χ3n) is 12.5. The lowest BCUT2D eigenvalue weighted by molar-refractivity contribution is -0.143. The first-order valence-corrected chi connectivity index (χ1v) is 27.7. The third-order valence-corrected chi connectivity index (χ3v) is 13.1. The maximum absolute atomic E-state index is 14.2. The number of hydrogen-bond acceptors (Lipinski definition) is 16. The van der Waals surface area contributed by atoms with Crippen LogP contribution >= 0.6 is 11.8 Å². The summed E-state index contributed by atoms with van der Waals surface area (Å²) in [6.45, 7) is -0.780. The molecule has 4 aromatic rings. The molecule has 0 unspecified atom stereocenters. The molecule has 0 aliphatic heterocycles. The second-order valence-electron chi connectivity index (χ2n) is 19.2. The number of aliphatic carboxylic acids is 2. The quantitative estimate of drug-likeness (QED) is 0.0119. The fourth-order valence-corrected chi connectivity index (χ4v) is 8.63. The predicted octanol–water partition coefficient (Wildman–Crippen LogP) is -3.54. The highest BCUT2D eigenvalue weighted by molar-refractivity contribution is 7.98. The SMILES string of the molecule is CSCC[C@H](NC(=O)[C@H](Cc1cnc[nH]1)NC(=O)CNC(=O)[C@H](Cc1ccc(O)cc1)NC(=O)[C@H](CC(=O)O)NC(=O)[C@H](CC(=O)O)NC(=O)[C@@H](N)Cc1ccccc1)C(=O)N[C@@H](CCCN=C(N)N)C(=O)N[C@@H](Cc1ccccc1)C(N)=O. The number of hydrogen-bond donors (Lipinski definition) is 16. The van der Waals surface area contributed by atoms with Crippen molar-refractivity contribution in [3.8, 4) is 5.75 Å². The third kappa shape index (κ3) is 24.3. The van der Waals surface area contributed by atoms with Crippen LogP contribution in [0.3, 0.4) is 0 Å². The summed E-state index contributed by atoms with van der Waals surface area (Å²) in [4.78, 5) is 158. The van der Waals surface area contributed by atoms with Crippen molar-refractivity contribution in [1.82, 2.24) is 52.5 Å². The molecule has 4 rings (SSSR count). The maximum atomic E-state index is 14.2. The molecule has 1 aromatic heterocycles. The lowest BCUT2D eigenvalue weighted by Gasteiger charge is -2.26. The Morgan fingerprint density at radius 1 is 0.560 bits per heavy atom. The van der Waals surface area contributed by atoms with E-state index in [4.69, 9.17) is 22.9 Å². The molecule has 30 heteroatoms. The Morgan fingerprint density at radius 3 is 1.55 bits per heavy atom. The zero-order valence-corrected chi connectivity index (χ0v) is 46.6. The molecule has 452 valence electrons. The summed E-state index contributed by atoms with van der Waals surface area (Å²) >= 11 is 1.34. The molecule has 0 radical (unpaired) electrons. The van der Waals surface area contributed by atoms with E-state index in [1.807, 2.05) is 0 Å². The van der Waals surface area contributed by atoms with Crippen LogP contribution in [0.2, 0.25) is 0 Å². The summed E-state index contributed by atoms with van der Waals surface area (Å²) in [6, 6.07) is 10.6. The highest BCUT2D eigenvalue weighted by Gasteiger charge is 2.35. The van der Waals surface area contributed by atoms with Crippen molar-refractivity contribution in [1.29, 1.82) is 0 Å². The first-order valence-electron chi connectivity index (χ1n) is 26.3. The van der Waals surface area contributed by atoms with Gasteiger partial charge in [0.1, 0.15) is 48.0 Å². The molecule has 9 amide bonds. The van der Waals surface area contributed by atoms with Crippen LogP contribution in [0, 0.1) is 0 Å². The number of phenols is 1. The van der Waals surface area contributed by atoms with E-state index in [1.165, 1.54) is 48.6 Å². The largest absolute Gasteiger partial charge is 0.508 e. The van der Waals surface area contributed by atoms with Gasteiger partial charge in [-0.3, -0.25) is 57.7 Å². The van der Waals surface area contributed by atoms with Gasteiger partial charge >= 0.3 is 11.9 Å². The van der Waals surface area contributed by atoms with E-state index in [0.717, 1.165) is 0 Å². The number of thioether (sulfide) groups is 1. The average Bonchev–Trinajstić information content (AvgIpc) is 4.09. The molecule has 1 heterocycles. The molecule has 0 saturated carbocycles. The van der Waals surface area contributed by atoms with Gasteiger partial charge in [0.25, 0.3) is 0 Å². The molecule has 0 fully saturated rings. The Hall–Kier alpha value is -9.58. The number of aliphatic imine (C=N–C) groups is 1. The minimum atomic E-state index is -1.98. The Kier molecular flexibility index (Phi) is 27.6. The zero-order valence-electron chi connectivity index (χ0n) is 45.8. The van der Waals surface area contributed by atoms with Crippen LogP contribution in [0.15, 0.2) is 102 Å². The van der Waals surface area contributed by atoms with Crippen LogP contribution in [-0.2, 0) is 78.4 Å². The van der Waals surface area contributed by atoms with E-state index in [0.29, 0.717) is 28.1 Å². The second-order valence-corrected chi connectivity index (χ2v) is 20.2. The topological polar surface area (TPSA) is 490 Å². The van der Waals surface area contributed by atoms with Gasteiger partial charge in [-0.25, -0.2) is 4.98 Å². The minimum Gasteiger partial charge on any atom is -0.508 e. The minimum absolute atomic E-state index is 0.000295. The molecule has 29 nitrogen and oxygen atoms in total. The number of primary amides is 1. The fourth-order valence-electron chi connectivity index (χ4n) is 8.16. The van der Waals surface area contributed by atoms with Crippen LogP contribution < -0.4 is 65.5 Å². The standard InChI is InChI=1S/C54H71N15O14S/c1-84-20-18-37(50(80)64-36(13-8-19-60-54(57)58)49(79)66-38(46(56)76)22-31-11-6-3-7-12-31)65-51(81)40(24-33-27-59-29-62-33)63-43(71)28-61-48(78)39(23-32-14-16-34(70)17-15-32)68-53(83)42(26-45(74)75)69-52(82)41(25-44(72)73)67-47(77)35(55)21-30-9-4-2-5-10-30/h2-7,9-12,14-17,27,29,35-42,70H,8,13,18-26,28,55H2,1H3,(H2,56,76)(H,59,62)(H,61,78)(H,63,71)(H,64,80)(H,65,81)(H,66,79)(H,67,77)(H,68,83)(H,69,82)(H,72,73)(H,74,75)(H4,57,58,60)/t35-,36-,37-,38-,39-,40-,41-,42-/m0/s1. The fraction of sp³-hybridized carbons (Fsp3) is 0.389. The number of phenolic OH excluding ortho intramolecular Hbond substituents is 1. The number of aromatic hydroxyl groups is 1. The Morgan fingerprint density at radius 2 is 1.02 bits per heavy atom. The highest BCUT2D eigenvalue weighted by atomic mass is 32.2.